The summed E-state index contributed by atoms with van der Waals surface area (Å²) in [6, 6.07) is 5.54. The Balaban J connectivity index is 2.63. The van der Waals surface area contributed by atoms with Crippen molar-refractivity contribution in [2.24, 2.45) is 0 Å². The zero-order valence-electron chi connectivity index (χ0n) is 11.6. The summed E-state index contributed by atoms with van der Waals surface area (Å²) in [7, 11) is -3.28. The van der Waals surface area contributed by atoms with Crippen LogP contribution in [0.5, 0.6) is 0 Å². The van der Waals surface area contributed by atoms with E-state index in [0.29, 0.717) is 5.56 Å². The van der Waals surface area contributed by atoms with Crippen molar-refractivity contribution in [1.82, 2.24) is 10.6 Å². The van der Waals surface area contributed by atoms with Gasteiger partial charge < -0.3 is 10.6 Å². The minimum Gasteiger partial charge on any atom is -0.352 e. The van der Waals surface area contributed by atoms with Gasteiger partial charge in [0.05, 0.1) is 11.4 Å². The Hall–Kier alpha value is -1.89. The molecule has 0 aromatic heterocycles. The number of nitrogens with one attached hydrogen (secondary N) is 2. The molecule has 0 saturated heterocycles. The number of carbonyl (C=O) groups excluding carboxylic acids is 2. The van der Waals surface area contributed by atoms with Gasteiger partial charge in [-0.15, -0.1) is 0 Å². The maximum atomic E-state index is 11.8. The van der Waals surface area contributed by atoms with E-state index in [4.69, 9.17) is 0 Å². The fraction of sp³-hybridized carbons (Fsp3) is 0.385. The number of hydrogen-bond acceptors (Lipinski definition) is 4. The fourth-order valence-electron chi connectivity index (χ4n) is 1.49. The summed E-state index contributed by atoms with van der Waals surface area (Å²) in [5, 5.41) is 5.11. The molecule has 2 N–H and O–H groups in total. The summed E-state index contributed by atoms with van der Waals surface area (Å²) in [4.78, 5) is 23.3. The highest BCUT2D eigenvalue weighted by Gasteiger charge is 2.11. The Labute approximate surface area is 118 Å². The fourth-order valence-corrected chi connectivity index (χ4v) is 2.12. The molecule has 0 unspecified atom stereocenters. The van der Waals surface area contributed by atoms with Crippen molar-refractivity contribution in [3.8, 4) is 0 Å². The number of carbonyl (C=O) groups is 2. The number of hydrogen-bond donors (Lipinski definition) is 2. The molecule has 0 atom stereocenters. The Morgan fingerprint density at radius 2 is 1.70 bits per heavy atom. The van der Waals surface area contributed by atoms with Crippen LogP contribution in [0.4, 0.5) is 0 Å². The van der Waals surface area contributed by atoms with E-state index in [-0.39, 0.29) is 23.4 Å². The van der Waals surface area contributed by atoms with E-state index in [2.05, 4.69) is 10.6 Å². The SMILES string of the molecule is CC(C)NC(=O)CNC(=O)c1ccc(S(C)(=O)=O)cc1. The monoisotopic (exact) mass is 298 g/mol. The van der Waals surface area contributed by atoms with Crippen molar-refractivity contribution in [1.29, 1.82) is 0 Å². The van der Waals surface area contributed by atoms with Crippen molar-refractivity contribution in [3.05, 3.63) is 29.8 Å². The van der Waals surface area contributed by atoms with Crippen LogP contribution < -0.4 is 10.6 Å². The molecular weight excluding hydrogens is 280 g/mol. The van der Waals surface area contributed by atoms with Crippen LogP contribution in [0.1, 0.15) is 24.2 Å². The molecule has 1 aromatic rings. The molecule has 0 heterocycles. The van der Waals surface area contributed by atoms with Gasteiger partial charge in [-0.1, -0.05) is 0 Å². The van der Waals surface area contributed by atoms with Gasteiger partial charge in [0, 0.05) is 17.9 Å². The van der Waals surface area contributed by atoms with Gasteiger partial charge in [0.1, 0.15) is 0 Å². The van der Waals surface area contributed by atoms with E-state index in [9.17, 15) is 18.0 Å². The predicted octanol–water partition coefficient (Wildman–Crippen LogP) is 0.345. The molecule has 0 aliphatic rings. The van der Waals surface area contributed by atoms with Crippen molar-refractivity contribution < 1.29 is 18.0 Å². The molecule has 0 spiro atoms. The summed E-state index contributed by atoms with van der Waals surface area (Å²) in [5.74, 6) is -0.704. The largest absolute Gasteiger partial charge is 0.352 e. The Morgan fingerprint density at radius 1 is 1.15 bits per heavy atom. The van der Waals surface area contributed by atoms with E-state index < -0.39 is 15.7 Å². The summed E-state index contributed by atoms with van der Waals surface area (Å²) < 4.78 is 22.6. The topological polar surface area (TPSA) is 92.3 Å². The van der Waals surface area contributed by atoms with Crippen LogP contribution in [0.2, 0.25) is 0 Å². The minimum absolute atomic E-state index is 0.00782. The lowest BCUT2D eigenvalue weighted by molar-refractivity contribution is -0.120. The van der Waals surface area contributed by atoms with Crippen LogP contribution in [-0.4, -0.2) is 39.1 Å². The molecule has 6 nitrogen and oxygen atoms in total. The van der Waals surface area contributed by atoms with Crippen LogP contribution in [0, 0.1) is 0 Å². The van der Waals surface area contributed by atoms with Gasteiger partial charge >= 0.3 is 0 Å². The van der Waals surface area contributed by atoms with Crippen LogP contribution in [0.15, 0.2) is 29.2 Å². The van der Waals surface area contributed by atoms with E-state index in [1.165, 1.54) is 24.3 Å². The third kappa shape index (κ3) is 5.00. The Kier molecular flexibility index (Phi) is 5.26. The lowest BCUT2D eigenvalue weighted by atomic mass is 10.2. The molecule has 110 valence electrons. The molecule has 0 bridgehead atoms. The van der Waals surface area contributed by atoms with Gasteiger partial charge in [-0.3, -0.25) is 9.59 Å². The quantitative estimate of drug-likeness (QED) is 0.820. The van der Waals surface area contributed by atoms with Gasteiger partial charge in [-0.25, -0.2) is 8.42 Å². The number of benzene rings is 1. The zero-order chi connectivity index (χ0) is 15.3. The average Bonchev–Trinajstić information content (AvgIpc) is 2.34. The second-order valence-corrected chi connectivity index (χ2v) is 6.72. The molecule has 7 heteroatoms. The first-order valence-corrected chi connectivity index (χ1v) is 7.97. The highest BCUT2D eigenvalue weighted by atomic mass is 32.2. The third-order valence-electron chi connectivity index (χ3n) is 2.40. The van der Waals surface area contributed by atoms with Crippen molar-refractivity contribution in [2.75, 3.05) is 12.8 Å². The standard InChI is InChI=1S/C13H18N2O4S/c1-9(2)15-12(16)8-14-13(17)10-4-6-11(7-5-10)20(3,18)19/h4-7,9H,8H2,1-3H3,(H,14,17)(H,15,16). The average molecular weight is 298 g/mol. The first kappa shape index (κ1) is 16.2. The highest BCUT2D eigenvalue weighted by Crippen LogP contribution is 2.10. The molecule has 0 fully saturated rings. The second-order valence-electron chi connectivity index (χ2n) is 4.70. The lowest BCUT2D eigenvalue weighted by Gasteiger charge is -2.09. The van der Waals surface area contributed by atoms with Gasteiger partial charge in [0.2, 0.25) is 5.91 Å². The Morgan fingerprint density at radius 3 is 2.15 bits per heavy atom. The number of rotatable bonds is 5. The van der Waals surface area contributed by atoms with Gasteiger partial charge in [-0.2, -0.15) is 0 Å². The van der Waals surface area contributed by atoms with Gasteiger partial charge in [0.25, 0.3) is 5.91 Å². The summed E-state index contributed by atoms with van der Waals surface area (Å²) >= 11 is 0. The molecule has 0 saturated carbocycles. The maximum Gasteiger partial charge on any atom is 0.251 e. The van der Waals surface area contributed by atoms with Crippen LogP contribution in [-0.2, 0) is 14.6 Å². The van der Waals surface area contributed by atoms with Crippen molar-refractivity contribution >= 4 is 21.7 Å². The van der Waals surface area contributed by atoms with E-state index in [1.54, 1.807) is 0 Å². The maximum absolute atomic E-state index is 11.8. The van der Waals surface area contributed by atoms with Crippen molar-refractivity contribution in [2.45, 2.75) is 24.8 Å². The highest BCUT2D eigenvalue weighted by molar-refractivity contribution is 7.90. The molecule has 1 aromatic carbocycles. The summed E-state index contributed by atoms with van der Waals surface area (Å²) in [6.45, 7) is 3.53. The van der Waals surface area contributed by atoms with Crippen molar-refractivity contribution in [3.63, 3.8) is 0 Å². The van der Waals surface area contributed by atoms with Crippen LogP contribution in [0.25, 0.3) is 0 Å². The molecule has 1 rings (SSSR count). The summed E-state index contributed by atoms with van der Waals surface area (Å²) in [5.41, 5.74) is 0.301. The number of amides is 2. The second kappa shape index (κ2) is 6.51. The molecule has 20 heavy (non-hydrogen) atoms. The Bertz CT molecular complexity index is 591. The van der Waals surface area contributed by atoms with E-state index in [0.717, 1.165) is 6.26 Å². The minimum atomic E-state index is -3.28. The normalized spacial score (nSPS) is 11.2. The van der Waals surface area contributed by atoms with Gasteiger partial charge in [0.15, 0.2) is 9.84 Å². The van der Waals surface area contributed by atoms with Crippen LogP contribution >= 0.6 is 0 Å². The third-order valence-corrected chi connectivity index (χ3v) is 3.53. The summed E-state index contributed by atoms with van der Waals surface area (Å²) in [6.07, 6.45) is 1.10. The van der Waals surface area contributed by atoms with Gasteiger partial charge in [-0.05, 0) is 38.1 Å². The zero-order valence-corrected chi connectivity index (χ0v) is 12.5. The molecule has 0 aliphatic heterocycles. The smallest absolute Gasteiger partial charge is 0.251 e. The predicted molar refractivity (Wildman–Crippen MR) is 75.2 cm³/mol. The first-order valence-electron chi connectivity index (χ1n) is 6.08. The molecule has 0 aliphatic carbocycles. The number of sulfone groups is 1. The molecule has 2 amide bonds. The van der Waals surface area contributed by atoms with E-state index >= 15 is 0 Å². The molecule has 0 radical (unpaired) electrons. The lowest BCUT2D eigenvalue weighted by Crippen LogP contribution is -2.39. The van der Waals surface area contributed by atoms with Crippen LogP contribution in [0.3, 0.4) is 0 Å². The van der Waals surface area contributed by atoms with E-state index in [1.807, 2.05) is 13.8 Å². The first-order chi connectivity index (χ1) is 9.20. The molecular formula is C13H18N2O4S.